The highest BCUT2D eigenvalue weighted by atomic mass is 15.0. The van der Waals surface area contributed by atoms with Gasteiger partial charge in [0.15, 0.2) is 0 Å². The molecule has 0 fully saturated rings. The first kappa shape index (κ1) is 15.0. The molecule has 0 aliphatic rings. The number of fused-ring (bicyclic) bond motifs is 3. The van der Waals surface area contributed by atoms with Crippen LogP contribution in [0.15, 0.2) is 66.7 Å². The Hall–Kier alpha value is -2.54. The molecule has 0 aliphatic heterocycles. The minimum Gasteiger partial charge on any atom is -0.340 e. The van der Waals surface area contributed by atoms with Crippen LogP contribution in [0.3, 0.4) is 0 Å². The molecule has 0 saturated heterocycles. The van der Waals surface area contributed by atoms with Gasteiger partial charge in [-0.3, -0.25) is 0 Å². The molecular weight excluding hydrogens is 290 g/mol. The second-order valence-electron chi connectivity index (χ2n) is 6.38. The number of unbranched alkanes of at least 4 members (excludes halogenated alkanes) is 2. The van der Waals surface area contributed by atoms with Gasteiger partial charge in [-0.2, -0.15) is 0 Å². The van der Waals surface area contributed by atoms with E-state index < -0.39 is 0 Å². The Kier molecular flexibility index (Phi) is 4.08. The average Bonchev–Trinajstić information content (AvgIpc) is 2.96. The third-order valence-electron chi connectivity index (χ3n) is 4.78. The average molecular weight is 312 g/mol. The third-order valence-corrected chi connectivity index (χ3v) is 4.78. The topological polar surface area (TPSA) is 4.93 Å². The van der Waals surface area contributed by atoms with Gasteiger partial charge in [-0.05, 0) is 41.8 Å². The molecule has 0 atom stereocenters. The Bertz CT molecular complexity index is 963. The first-order chi connectivity index (χ1) is 11.9. The maximum absolute atomic E-state index is 3.34. The molecule has 119 valence electrons. The molecule has 0 amide bonds. The Morgan fingerprint density at radius 1 is 0.833 bits per heavy atom. The van der Waals surface area contributed by atoms with E-state index in [0.29, 0.717) is 0 Å². The van der Waals surface area contributed by atoms with E-state index in [9.17, 15) is 0 Å². The number of nitrogens with zero attached hydrogens (tertiary/aromatic N) is 1. The SMILES string of the molecule is CCCCCn1c2ccccc2c2cc(-c3[c]cccc3)ccc21. The van der Waals surface area contributed by atoms with Crippen LogP contribution in [0.5, 0.6) is 0 Å². The zero-order valence-electron chi connectivity index (χ0n) is 14.1. The van der Waals surface area contributed by atoms with Gasteiger partial charge in [-0.25, -0.2) is 0 Å². The fourth-order valence-corrected chi connectivity index (χ4v) is 3.55. The Balaban J connectivity index is 1.89. The van der Waals surface area contributed by atoms with Crippen LogP contribution in [0.25, 0.3) is 32.9 Å². The molecule has 1 nitrogen and oxygen atoms in total. The second kappa shape index (κ2) is 6.52. The van der Waals surface area contributed by atoms with E-state index in [4.69, 9.17) is 0 Å². The monoisotopic (exact) mass is 312 g/mol. The summed E-state index contributed by atoms with van der Waals surface area (Å²) >= 11 is 0. The number of aromatic nitrogens is 1. The summed E-state index contributed by atoms with van der Waals surface area (Å²) in [5.74, 6) is 0. The predicted molar refractivity (Wildman–Crippen MR) is 103 cm³/mol. The second-order valence-corrected chi connectivity index (χ2v) is 6.38. The molecule has 4 aromatic rings. The van der Waals surface area contributed by atoms with Crippen LogP contribution < -0.4 is 0 Å². The summed E-state index contributed by atoms with van der Waals surface area (Å²) in [4.78, 5) is 0. The van der Waals surface area contributed by atoms with Gasteiger partial charge in [0.25, 0.3) is 0 Å². The number of para-hydroxylation sites is 1. The van der Waals surface area contributed by atoms with E-state index in [1.807, 2.05) is 12.1 Å². The van der Waals surface area contributed by atoms with E-state index in [0.717, 1.165) is 12.1 Å². The summed E-state index contributed by atoms with van der Waals surface area (Å²) in [5.41, 5.74) is 5.08. The van der Waals surface area contributed by atoms with Crippen molar-refractivity contribution in [3.8, 4) is 11.1 Å². The molecule has 0 bridgehead atoms. The standard InChI is InChI=1S/C23H22N/c1-2-3-9-16-24-22-13-8-7-12-20(22)21-17-19(14-15-23(21)24)18-10-5-4-6-11-18/h4-8,10,12-15,17H,2-3,9,16H2,1H3. The number of benzene rings is 3. The lowest BCUT2D eigenvalue weighted by Gasteiger charge is -2.07. The highest BCUT2D eigenvalue weighted by Gasteiger charge is 2.11. The Labute approximate surface area is 143 Å². The van der Waals surface area contributed by atoms with Crippen molar-refractivity contribution < 1.29 is 0 Å². The minimum atomic E-state index is 1.09. The van der Waals surface area contributed by atoms with Crippen molar-refractivity contribution in [3.63, 3.8) is 0 Å². The van der Waals surface area contributed by atoms with Crippen LogP contribution in [0.1, 0.15) is 26.2 Å². The number of hydrogen-bond donors (Lipinski definition) is 0. The number of rotatable bonds is 5. The van der Waals surface area contributed by atoms with Gasteiger partial charge in [-0.1, -0.05) is 68.3 Å². The van der Waals surface area contributed by atoms with Crippen molar-refractivity contribution in [2.24, 2.45) is 0 Å². The molecule has 1 heteroatoms. The van der Waals surface area contributed by atoms with Crippen molar-refractivity contribution in [1.29, 1.82) is 0 Å². The molecule has 1 radical (unpaired) electrons. The van der Waals surface area contributed by atoms with Gasteiger partial charge in [0.05, 0.1) is 0 Å². The van der Waals surface area contributed by atoms with E-state index in [2.05, 4.69) is 72.2 Å². The first-order valence-corrected chi connectivity index (χ1v) is 8.86. The van der Waals surface area contributed by atoms with Crippen LogP contribution in [-0.4, -0.2) is 4.57 Å². The van der Waals surface area contributed by atoms with Crippen LogP contribution in [0.2, 0.25) is 0 Å². The summed E-state index contributed by atoms with van der Waals surface area (Å²) in [6, 6.07) is 27.1. The van der Waals surface area contributed by atoms with E-state index in [1.165, 1.54) is 46.6 Å². The molecule has 0 spiro atoms. The van der Waals surface area contributed by atoms with E-state index in [-0.39, 0.29) is 0 Å². The molecule has 24 heavy (non-hydrogen) atoms. The van der Waals surface area contributed by atoms with Crippen LogP contribution in [0, 0.1) is 6.07 Å². The van der Waals surface area contributed by atoms with Crippen molar-refractivity contribution in [3.05, 3.63) is 72.8 Å². The summed E-state index contributed by atoms with van der Waals surface area (Å²) in [7, 11) is 0. The summed E-state index contributed by atoms with van der Waals surface area (Å²) in [6.07, 6.45) is 3.77. The van der Waals surface area contributed by atoms with Gasteiger partial charge in [-0.15, -0.1) is 0 Å². The summed E-state index contributed by atoms with van der Waals surface area (Å²) in [5, 5.41) is 2.69. The number of aryl methyl sites for hydroxylation is 1. The minimum absolute atomic E-state index is 1.09. The lowest BCUT2D eigenvalue weighted by molar-refractivity contribution is 0.627. The van der Waals surface area contributed by atoms with Gasteiger partial charge in [0.1, 0.15) is 0 Å². The van der Waals surface area contributed by atoms with Crippen LogP contribution >= 0.6 is 0 Å². The lowest BCUT2D eigenvalue weighted by Crippen LogP contribution is -1.97. The zero-order valence-corrected chi connectivity index (χ0v) is 14.1. The Morgan fingerprint density at radius 3 is 2.50 bits per heavy atom. The quantitative estimate of drug-likeness (QED) is 0.373. The fourth-order valence-electron chi connectivity index (χ4n) is 3.55. The molecule has 0 unspecified atom stereocenters. The normalized spacial score (nSPS) is 11.4. The fraction of sp³-hybridized carbons (Fsp3) is 0.217. The smallest absolute Gasteiger partial charge is 0.0491 e. The third kappa shape index (κ3) is 2.60. The van der Waals surface area contributed by atoms with Gasteiger partial charge < -0.3 is 4.57 Å². The van der Waals surface area contributed by atoms with Crippen molar-refractivity contribution in [2.75, 3.05) is 0 Å². The highest BCUT2D eigenvalue weighted by molar-refractivity contribution is 6.09. The van der Waals surface area contributed by atoms with Crippen LogP contribution in [-0.2, 0) is 6.54 Å². The van der Waals surface area contributed by atoms with Gasteiger partial charge in [0, 0.05) is 28.4 Å². The van der Waals surface area contributed by atoms with Crippen LogP contribution in [0.4, 0.5) is 0 Å². The highest BCUT2D eigenvalue weighted by Crippen LogP contribution is 2.32. The largest absolute Gasteiger partial charge is 0.340 e. The van der Waals surface area contributed by atoms with Crippen molar-refractivity contribution in [1.82, 2.24) is 4.57 Å². The molecule has 3 aromatic carbocycles. The zero-order chi connectivity index (χ0) is 16.4. The van der Waals surface area contributed by atoms with Gasteiger partial charge >= 0.3 is 0 Å². The maximum atomic E-state index is 3.34. The molecule has 1 heterocycles. The lowest BCUT2D eigenvalue weighted by atomic mass is 10.0. The first-order valence-electron chi connectivity index (χ1n) is 8.86. The van der Waals surface area contributed by atoms with Crippen molar-refractivity contribution in [2.45, 2.75) is 32.7 Å². The van der Waals surface area contributed by atoms with Gasteiger partial charge in [0.2, 0.25) is 0 Å². The Morgan fingerprint density at radius 2 is 1.67 bits per heavy atom. The molecule has 0 aliphatic carbocycles. The summed E-state index contributed by atoms with van der Waals surface area (Å²) < 4.78 is 2.48. The van der Waals surface area contributed by atoms with E-state index >= 15 is 0 Å². The van der Waals surface area contributed by atoms with Crippen molar-refractivity contribution >= 4 is 21.8 Å². The summed E-state index contributed by atoms with van der Waals surface area (Å²) in [6.45, 7) is 3.35. The molecule has 1 aromatic heterocycles. The van der Waals surface area contributed by atoms with E-state index in [1.54, 1.807) is 0 Å². The number of hydrogen-bond acceptors (Lipinski definition) is 0. The maximum Gasteiger partial charge on any atom is 0.0491 e. The molecular formula is C23H22N. The predicted octanol–water partition coefficient (Wildman–Crippen LogP) is 6.45. The molecule has 0 saturated carbocycles. The molecule has 4 rings (SSSR count). The molecule has 0 N–H and O–H groups in total.